The molecule has 2 rings (SSSR count). The summed E-state index contributed by atoms with van der Waals surface area (Å²) in [6.07, 6.45) is 5.04. The summed E-state index contributed by atoms with van der Waals surface area (Å²) in [4.78, 5) is 4.93. The fourth-order valence-corrected chi connectivity index (χ4v) is 2.45. The van der Waals surface area contributed by atoms with Gasteiger partial charge in [0.05, 0.1) is 19.3 Å². The minimum absolute atomic E-state index is 0.138. The molecular weight excluding hydrogens is 254 g/mol. The number of piperazine rings is 1. The summed E-state index contributed by atoms with van der Waals surface area (Å²) in [6.45, 7) is 8.57. The molecule has 0 unspecified atom stereocenters. The van der Waals surface area contributed by atoms with Crippen molar-refractivity contribution in [3.63, 3.8) is 0 Å². The van der Waals surface area contributed by atoms with Gasteiger partial charge in [-0.15, -0.1) is 0 Å². The first-order chi connectivity index (χ1) is 9.78. The molecule has 0 radical (unpaired) electrons. The van der Waals surface area contributed by atoms with Crippen molar-refractivity contribution in [2.75, 3.05) is 52.9 Å². The van der Waals surface area contributed by atoms with Crippen LogP contribution >= 0.6 is 0 Å². The lowest BCUT2D eigenvalue weighted by atomic mass is 10.3. The van der Waals surface area contributed by atoms with Crippen LogP contribution in [0.2, 0.25) is 0 Å². The molecule has 6 heteroatoms. The number of aliphatic hydroxyl groups is 1. The van der Waals surface area contributed by atoms with E-state index < -0.39 is 0 Å². The number of rotatable bonds is 8. The number of aromatic nitrogens is 2. The molecule has 0 bridgehead atoms. The molecule has 0 atom stereocenters. The zero-order valence-corrected chi connectivity index (χ0v) is 12.5. The number of hydrogen-bond donors (Lipinski definition) is 2. The largest absolute Gasteiger partial charge is 0.394 e. The first-order valence-corrected chi connectivity index (χ1v) is 7.52. The van der Waals surface area contributed by atoms with Crippen molar-refractivity contribution >= 4 is 0 Å². The van der Waals surface area contributed by atoms with Crippen molar-refractivity contribution in [2.24, 2.45) is 0 Å². The highest BCUT2D eigenvalue weighted by atomic mass is 16.3. The maximum Gasteiger partial charge on any atom is 0.0640 e. The van der Waals surface area contributed by atoms with Crippen LogP contribution in [0.4, 0.5) is 0 Å². The predicted octanol–water partition coefficient (Wildman–Crippen LogP) is -0.397. The second-order valence-corrected chi connectivity index (χ2v) is 5.51. The Kier molecular flexibility index (Phi) is 6.46. The highest BCUT2D eigenvalue weighted by Crippen LogP contribution is 2.00. The van der Waals surface area contributed by atoms with E-state index in [4.69, 9.17) is 5.11 Å². The van der Waals surface area contributed by atoms with E-state index in [1.54, 1.807) is 4.68 Å². The maximum atomic E-state index is 8.83. The van der Waals surface area contributed by atoms with Gasteiger partial charge in [0.1, 0.15) is 0 Å². The molecule has 0 saturated carbocycles. The first kappa shape index (κ1) is 15.4. The van der Waals surface area contributed by atoms with Crippen LogP contribution in [0.25, 0.3) is 0 Å². The van der Waals surface area contributed by atoms with Gasteiger partial charge in [-0.25, -0.2) is 0 Å². The van der Waals surface area contributed by atoms with Crippen LogP contribution in [-0.4, -0.2) is 77.6 Å². The Labute approximate surface area is 121 Å². The summed E-state index contributed by atoms with van der Waals surface area (Å²) < 4.78 is 1.78. The average molecular weight is 281 g/mol. The third kappa shape index (κ3) is 5.20. The molecule has 1 saturated heterocycles. The second kappa shape index (κ2) is 8.36. The topological polar surface area (TPSA) is 56.6 Å². The van der Waals surface area contributed by atoms with Gasteiger partial charge < -0.3 is 20.2 Å². The van der Waals surface area contributed by atoms with Crippen LogP contribution in [0.15, 0.2) is 12.4 Å². The van der Waals surface area contributed by atoms with Gasteiger partial charge in [-0.3, -0.25) is 4.68 Å². The van der Waals surface area contributed by atoms with Crippen molar-refractivity contribution in [3.8, 4) is 0 Å². The molecule has 1 aromatic rings. The zero-order chi connectivity index (χ0) is 14.2. The molecule has 1 aromatic heterocycles. The van der Waals surface area contributed by atoms with Gasteiger partial charge in [0, 0.05) is 44.5 Å². The van der Waals surface area contributed by atoms with E-state index in [9.17, 15) is 0 Å². The first-order valence-electron chi connectivity index (χ1n) is 7.52. The maximum absolute atomic E-state index is 8.83. The van der Waals surface area contributed by atoms with Crippen LogP contribution in [-0.2, 0) is 13.1 Å². The molecule has 6 nitrogen and oxygen atoms in total. The SMILES string of the molecule is CN1CCN(CCCNCc2cnn(CCO)c2)CC1. The van der Waals surface area contributed by atoms with E-state index in [0.717, 1.165) is 13.1 Å². The minimum Gasteiger partial charge on any atom is -0.394 e. The fourth-order valence-electron chi connectivity index (χ4n) is 2.45. The van der Waals surface area contributed by atoms with E-state index in [0.29, 0.717) is 6.54 Å². The lowest BCUT2D eigenvalue weighted by molar-refractivity contribution is 0.153. The van der Waals surface area contributed by atoms with Crippen molar-refractivity contribution in [1.29, 1.82) is 0 Å². The Balaban J connectivity index is 1.52. The highest BCUT2D eigenvalue weighted by Gasteiger charge is 2.12. The predicted molar refractivity (Wildman–Crippen MR) is 79.6 cm³/mol. The summed E-state index contributed by atoms with van der Waals surface area (Å²) in [7, 11) is 2.19. The molecule has 0 aromatic carbocycles. The van der Waals surface area contributed by atoms with Crippen molar-refractivity contribution in [2.45, 2.75) is 19.5 Å². The summed E-state index contributed by atoms with van der Waals surface area (Å²) in [5.74, 6) is 0. The van der Waals surface area contributed by atoms with Crippen molar-refractivity contribution in [3.05, 3.63) is 18.0 Å². The molecule has 0 spiro atoms. The standard InChI is InChI=1S/C14H27N5O/c1-17-5-7-18(8-6-17)4-2-3-15-11-14-12-16-19(13-14)9-10-20/h12-13,15,20H,2-11H2,1H3. The van der Waals surface area contributed by atoms with Gasteiger partial charge in [-0.1, -0.05) is 0 Å². The van der Waals surface area contributed by atoms with E-state index >= 15 is 0 Å². The van der Waals surface area contributed by atoms with Crippen LogP contribution < -0.4 is 5.32 Å². The minimum atomic E-state index is 0.138. The van der Waals surface area contributed by atoms with Gasteiger partial charge in [0.2, 0.25) is 0 Å². The van der Waals surface area contributed by atoms with Gasteiger partial charge in [-0.2, -0.15) is 5.10 Å². The van der Waals surface area contributed by atoms with Crippen molar-refractivity contribution < 1.29 is 5.11 Å². The Bertz CT molecular complexity index is 373. The van der Waals surface area contributed by atoms with Crippen LogP contribution in [0.3, 0.4) is 0 Å². The Morgan fingerprint density at radius 1 is 1.25 bits per heavy atom. The van der Waals surface area contributed by atoms with Gasteiger partial charge in [0.25, 0.3) is 0 Å². The molecule has 1 fully saturated rings. The molecule has 1 aliphatic heterocycles. The monoisotopic (exact) mass is 281 g/mol. The van der Waals surface area contributed by atoms with Crippen molar-refractivity contribution in [1.82, 2.24) is 24.9 Å². The van der Waals surface area contributed by atoms with Gasteiger partial charge in [-0.05, 0) is 26.6 Å². The lowest BCUT2D eigenvalue weighted by Crippen LogP contribution is -2.45. The molecule has 2 N–H and O–H groups in total. The summed E-state index contributed by atoms with van der Waals surface area (Å²) in [5, 5.41) is 16.5. The van der Waals surface area contributed by atoms with E-state index in [1.807, 2.05) is 12.4 Å². The number of nitrogens with one attached hydrogen (secondary N) is 1. The number of hydrogen-bond acceptors (Lipinski definition) is 5. The number of nitrogens with zero attached hydrogens (tertiary/aromatic N) is 4. The highest BCUT2D eigenvalue weighted by molar-refractivity contribution is 5.03. The summed E-state index contributed by atoms with van der Waals surface area (Å²) in [5.41, 5.74) is 1.18. The Morgan fingerprint density at radius 2 is 2.05 bits per heavy atom. The van der Waals surface area contributed by atoms with Gasteiger partial charge in [0.15, 0.2) is 0 Å². The number of likely N-dealkylation sites (N-methyl/N-ethyl adjacent to an activating group) is 1. The quantitative estimate of drug-likeness (QED) is 0.635. The third-order valence-corrected chi connectivity index (χ3v) is 3.77. The molecule has 0 amide bonds. The zero-order valence-electron chi connectivity index (χ0n) is 12.5. The number of aliphatic hydroxyl groups excluding tert-OH is 1. The van der Waals surface area contributed by atoms with Gasteiger partial charge >= 0.3 is 0 Å². The molecule has 1 aliphatic rings. The summed E-state index contributed by atoms with van der Waals surface area (Å²) in [6, 6.07) is 0. The lowest BCUT2D eigenvalue weighted by Gasteiger charge is -2.32. The smallest absolute Gasteiger partial charge is 0.0640 e. The van der Waals surface area contributed by atoms with E-state index in [-0.39, 0.29) is 6.61 Å². The second-order valence-electron chi connectivity index (χ2n) is 5.51. The molecular formula is C14H27N5O. The normalized spacial score (nSPS) is 17.7. The van der Waals surface area contributed by atoms with Crippen LogP contribution in [0, 0.1) is 0 Å². The Morgan fingerprint density at radius 3 is 2.80 bits per heavy atom. The van der Waals surface area contributed by atoms with Crippen LogP contribution in [0.1, 0.15) is 12.0 Å². The van der Waals surface area contributed by atoms with Crippen LogP contribution in [0.5, 0.6) is 0 Å². The molecule has 20 heavy (non-hydrogen) atoms. The third-order valence-electron chi connectivity index (χ3n) is 3.77. The summed E-state index contributed by atoms with van der Waals surface area (Å²) >= 11 is 0. The molecule has 114 valence electrons. The van der Waals surface area contributed by atoms with E-state index in [2.05, 4.69) is 27.3 Å². The van der Waals surface area contributed by atoms with E-state index in [1.165, 1.54) is 44.7 Å². The molecule has 2 heterocycles. The fraction of sp³-hybridized carbons (Fsp3) is 0.786. The Hall–Kier alpha value is -0.950. The molecule has 0 aliphatic carbocycles. The average Bonchev–Trinajstić information content (AvgIpc) is 2.89.